The van der Waals surface area contributed by atoms with Gasteiger partial charge in [0.15, 0.2) is 0 Å². The standard InChI is InChI=1S/C12H11F3N4.C7H11F2N/c13-12(14,15)8-3-7(4-17-10(8)16)9-5-18-11(19-9)6-1-2-6;8-7(9)4-10-2-5-1-6(5)3-10/h3-6H,1-2H2,(H2,16,17)(H,18,19);5-7H,1-4H2. The number of aromatic amines is 1. The molecule has 0 aromatic carbocycles. The molecule has 2 aromatic heterocycles. The number of anilines is 1. The summed E-state index contributed by atoms with van der Waals surface area (Å²) in [4.78, 5) is 12.7. The molecule has 10 heteroatoms. The van der Waals surface area contributed by atoms with E-state index in [4.69, 9.17) is 5.73 Å². The molecule has 5 nitrogen and oxygen atoms in total. The van der Waals surface area contributed by atoms with Gasteiger partial charge in [0, 0.05) is 30.8 Å². The van der Waals surface area contributed by atoms with E-state index < -0.39 is 24.0 Å². The van der Waals surface area contributed by atoms with Gasteiger partial charge in [-0.3, -0.25) is 4.90 Å². The molecule has 1 saturated heterocycles. The van der Waals surface area contributed by atoms with Crippen LogP contribution in [0.15, 0.2) is 18.5 Å². The lowest BCUT2D eigenvalue weighted by Gasteiger charge is -2.15. The monoisotopic (exact) mass is 415 g/mol. The predicted molar refractivity (Wildman–Crippen MR) is 97.2 cm³/mol. The van der Waals surface area contributed by atoms with Crippen LogP contribution in [0.25, 0.3) is 11.3 Å². The number of nitrogens with two attached hydrogens (primary N) is 1. The van der Waals surface area contributed by atoms with Crippen molar-refractivity contribution in [2.45, 2.75) is 37.8 Å². The number of fused-ring (bicyclic) bond motifs is 1. The van der Waals surface area contributed by atoms with Gasteiger partial charge >= 0.3 is 6.18 Å². The first-order valence-electron chi connectivity index (χ1n) is 9.59. The number of alkyl halides is 5. The van der Waals surface area contributed by atoms with Crippen molar-refractivity contribution in [3.8, 4) is 11.3 Å². The number of halogens is 5. The zero-order valence-corrected chi connectivity index (χ0v) is 15.6. The normalized spacial score (nSPS) is 23.7. The van der Waals surface area contributed by atoms with E-state index in [0.29, 0.717) is 17.2 Å². The minimum absolute atomic E-state index is 0.00694. The second-order valence-electron chi connectivity index (χ2n) is 7.98. The van der Waals surface area contributed by atoms with E-state index >= 15 is 0 Å². The molecule has 158 valence electrons. The molecule has 0 radical (unpaired) electrons. The molecule has 0 spiro atoms. The Morgan fingerprint density at radius 2 is 1.83 bits per heavy atom. The summed E-state index contributed by atoms with van der Waals surface area (Å²) < 4.78 is 61.8. The van der Waals surface area contributed by atoms with Crippen molar-refractivity contribution in [2.24, 2.45) is 11.8 Å². The van der Waals surface area contributed by atoms with Crippen LogP contribution in [-0.2, 0) is 6.18 Å². The van der Waals surface area contributed by atoms with Gasteiger partial charge in [-0.15, -0.1) is 0 Å². The fraction of sp³-hybridized carbons (Fsp3) is 0.579. The molecule has 0 amide bonds. The summed E-state index contributed by atoms with van der Waals surface area (Å²) in [6.45, 7) is 1.84. The van der Waals surface area contributed by atoms with Crippen LogP contribution in [0.5, 0.6) is 0 Å². The summed E-state index contributed by atoms with van der Waals surface area (Å²) in [6.07, 6.45) is -0.374. The number of nitrogen functional groups attached to an aromatic ring is 1. The van der Waals surface area contributed by atoms with Crippen molar-refractivity contribution in [3.63, 3.8) is 0 Å². The molecular formula is C19H22F5N5. The van der Waals surface area contributed by atoms with Crippen molar-refractivity contribution >= 4 is 5.82 Å². The third-order valence-corrected chi connectivity index (χ3v) is 5.55. The predicted octanol–water partition coefficient (Wildman–Crippen LogP) is 4.15. The van der Waals surface area contributed by atoms with Crippen molar-refractivity contribution in [1.29, 1.82) is 0 Å². The highest BCUT2D eigenvalue weighted by Crippen LogP contribution is 2.44. The molecule has 1 aliphatic heterocycles. The van der Waals surface area contributed by atoms with E-state index in [1.54, 1.807) is 0 Å². The largest absolute Gasteiger partial charge is 0.419 e. The van der Waals surface area contributed by atoms with E-state index in [9.17, 15) is 22.0 Å². The first kappa shape index (κ1) is 20.1. The highest BCUT2D eigenvalue weighted by molar-refractivity contribution is 5.62. The fourth-order valence-corrected chi connectivity index (χ4v) is 3.74. The summed E-state index contributed by atoms with van der Waals surface area (Å²) in [6, 6.07) is 0.993. The Kier molecular flexibility index (Phi) is 5.22. The van der Waals surface area contributed by atoms with Gasteiger partial charge in [0.2, 0.25) is 0 Å². The Morgan fingerprint density at radius 3 is 2.41 bits per heavy atom. The molecule has 5 rings (SSSR count). The van der Waals surface area contributed by atoms with E-state index in [1.807, 2.05) is 4.90 Å². The topological polar surface area (TPSA) is 70.8 Å². The molecule has 0 bridgehead atoms. The summed E-state index contributed by atoms with van der Waals surface area (Å²) >= 11 is 0. The number of pyridine rings is 1. The molecule has 3 aliphatic rings. The lowest BCUT2D eigenvalue weighted by atomic mass is 10.1. The number of nitrogens with zero attached hydrogens (tertiary/aromatic N) is 3. The number of H-pyrrole nitrogens is 1. The van der Waals surface area contributed by atoms with Crippen LogP contribution in [0.2, 0.25) is 0 Å². The zero-order chi connectivity index (χ0) is 20.8. The van der Waals surface area contributed by atoms with Gasteiger partial charge in [-0.05, 0) is 37.2 Å². The minimum Gasteiger partial charge on any atom is -0.383 e. The molecule has 29 heavy (non-hydrogen) atoms. The summed E-state index contributed by atoms with van der Waals surface area (Å²) in [7, 11) is 0. The molecular weight excluding hydrogens is 393 g/mol. The van der Waals surface area contributed by atoms with Crippen LogP contribution in [0.4, 0.5) is 27.8 Å². The summed E-state index contributed by atoms with van der Waals surface area (Å²) in [5.41, 5.74) is 5.20. The maximum Gasteiger partial charge on any atom is 0.419 e. The van der Waals surface area contributed by atoms with E-state index in [1.165, 1.54) is 18.8 Å². The van der Waals surface area contributed by atoms with Gasteiger partial charge in [0.05, 0.1) is 24.0 Å². The van der Waals surface area contributed by atoms with Crippen molar-refractivity contribution in [3.05, 3.63) is 29.8 Å². The Morgan fingerprint density at radius 1 is 1.14 bits per heavy atom. The molecule has 2 atom stereocenters. The molecule has 2 saturated carbocycles. The second-order valence-corrected chi connectivity index (χ2v) is 7.98. The van der Waals surface area contributed by atoms with Gasteiger partial charge in [-0.1, -0.05) is 0 Å². The molecule has 3 fully saturated rings. The van der Waals surface area contributed by atoms with Gasteiger partial charge < -0.3 is 10.7 Å². The number of likely N-dealkylation sites (tertiary alicyclic amines) is 1. The lowest BCUT2D eigenvalue weighted by Crippen LogP contribution is -2.28. The fourth-order valence-electron chi connectivity index (χ4n) is 3.74. The molecule has 2 aromatic rings. The van der Waals surface area contributed by atoms with Crippen LogP contribution in [0, 0.1) is 11.8 Å². The maximum absolute atomic E-state index is 12.7. The van der Waals surface area contributed by atoms with Gasteiger partial charge in [-0.2, -0.15) is 13.2 Å². The second kappa shape index (κ2) is 7.55. The number of hydrogen-bond donors (Lipinski definition) is 2. The number of piperidine rings is 1. The van der Waals surface area contributed by atoms with E-state index in [-0.39, 0.29) is 6.54 Å². The SMILES string of the molecule is FC(F)CN1CC2CC2C1.Nc1ncc(-c2cnc(C3CC3)[nH]2)cc1C(F)(F)F. The van der Waals surface area contributed by atoms with Gasteiger partial charge in [-0.25, -0.2) is 18.7 Å². The van der Waals surface area contributed by atoms with Crippen LogP contribution in [-0.4, -0.2) is 45.9 Å². The quantitative estimate of drug-likeness (QED) is 0.736. The maximum atomic E-state index is 12.7. The van der Waals surface area contributed by atoms with Crippen LogP contribution in [0.1, 0.15) is 36.6 Å². The molecule has 3 heterocycles. The molecule has 2 unspecified atom stereocenters. The van der Waals surface area contributed by atoms with Crippen molar-refractivity contribution in [1.82, 2.24) is 19.9 Å². The van der Waals surface area contributed by atoms with Crippen molar-refractivity contribution in [2.75, 3.05) is 25.4 Å². The summed E-state index contributed by atoms with van der Waals surface area (Å²) in [5, 5.41) is 0. The van der Waals surface area contributed by atoms with Gasteiger partial charge in [0.25, 0.3) is 6.43 Å². The molecule has 2 aliphatic carbocycles. The summed E-state index contributed by atoms with van der Waals surface area (Å²) in [5.74, 6) is 2.27. The van der Waals surface area contributed by atoms with E-state index in [2.05, 4.69) is 15.0 Å². The van der Waals surface area contributed by atoms with Crippen LogP contribution >= 0.6 is 0 Å². The number of imidazole rings is 1. The number of hydrogen-bond acceptors (Lipinski definition) is 4. The lowest BCUT2D eigenvalue weighted by molar-refractivity contribution is -0.137. The molecule has 3 N–H and O–H groups in total. The Bertz CT molecular complexity index is 851. The van der Waals surface area contributed by atoms with Crippen molar-refractivity contribution < 1.29 is 22.0 Å². The van der Waals surface area contributed by atoms with Crippen LogP contribution in [0.3, 0.4) is 0 Å². The highest BCUT2D eigenvalue weighted by atomic mass is 19.4. The smallest absolute Gasteiger partial charge is 0.383 e. The number of rotatable bonds is 4. The highest BCUT2D eigenvalue weighted by Gasteiger charge is 2.45. The Hall–Kier alpha value is -2.23. The van der Waals surface area contributed by atoms with Gasteiger partial charge in [0.1, 0.15) is 11.6 Å². The first-order valence-corrected chi connectivity index (χ1v) is 9.59. The Balaban J connectivity index is 0.000000171. The van der Waals surface area contributed by atoms with Crippen LogP contribution < -0.4 is 5.73 Å². The average molecular weight is 415 g/mol. The Labute approximate surface area is 164 Å². The van der Waals surface area contributed by atoms with E-state index in [0.717, 1.165) is 49.7 Å². The average Bonchev–Trinajstić information content (AvgIpc) is 3.53. The number of nitrogens with one attached hydrogen (secondary N) is 1. The first-order chi connectivity index (χ1) is 13.7. The third kappa shape index (κ3) is 4.85. The zero-order valence-electron chi connectivity index (χ0n) is 15.6. The minimum atomic E-state index is -4.51. The number of aromatic nitrogens is 3. The third-order valence-electron chi connectivity index (χ3n) is 5.55.